The summed E-state index contributed by atoms with van der Waals surface area (Å²) < 4.78 is 18.8. The lowest BCUT2D eigenvalue weighted by molar-refractivity contribution is -0.135. The van der Waals surface area contributed by atoms with Gasteiger partial charge in [-0.2, -0.15) is 4.98 Å². The van der Waals surface area contributed by atoms with Crippen LogP contribution in [0.1, 0.15) is 39.5 Å². The molecule has 8 heteroatoms. The fourth-order valence-electron chi connectivity index (χ4n) is 4.32. The number of amides is 1. The SMILES string of the molecule is CCCN(CCC)C(=O)[C@@H]1CCCN(c2ncnc3onc(-c4ccc(F)cc4)c23)C1. The molecule has 1 aliphatic rings. The largest absolute Gasteiger partial charge is 0.355 e. The average Bonchev–Trinajstić information content (AvgIpc) is 3.23. The predicted molar refractivity (Wildman–Crippen MR) is 117 cm³/mol. The number of carbonyl (C=O) groups excluding carboxylic acids is 1. The van der Waals surface area contributed by atoms with Crippen LogP contribution in [0.25, 0.3) is 22.4 Å². The molecule has 1 fully saturated rings. The number of halogens is 1. The predicted octanol–water partition coefficient (Wildman–Crippen LogP) is 4.29. The lowest BCUT2D eigenvalue weighted by Gasteiger charge is -2.35. The van der Waals surface area contributed by atoms with Crippen molar-refractivity contribution in [2.75, 3.05) is 31.1 Å². The van der Waals surface area contributed by atoms with Crippen LogP contribution in [0.4, 0.5) is 10.2 Å². The van der Waals surface area contributed by atoms with Gasteiger partial charge in [0, 0.05) is 31.7 Å². The summed E-state index contributed by atoms with van der Waals surface area (Å²) in [7, 11) is 0. The van der Waals surface area contributed by atoms with Gasteiger partial charge in [-0.25, -0.2) is 9.37 Å². The Morgan fingerprint density at radius 1 is 1.19 bits per heavy atom. The summed E-state index contributed by atoms with van der Waals surface area (Å²) >= 11 is 0. The number of carbonyl (C=O) groups is 1. The zero-order chi connectivity index (χ0) is 21.8. The minimum Gasteiger partial charge on any atom is -0.355 e. The maximum absolute atomic E-state index is 13.4. The van der Waals surface area contributed by atoms with E-state index in [9.17, 15) is 9.18 Å². The quantitative estimate of drug-likeness (QED) is 0.562. The lowest BCUT2D eigenvalue weighted by Crippen LogP contribution is -2.45. The first-order valence-electron chi connectivity index (χ1n) is 11.0. The van der Waals surface area contributed by atoms with Crippen LogP contribution < -0.4 is 4.90 Å². The van der Waals surface area contributed by atoms with Gasteiger partial charge in [-0.3, -0.25) is 4.79 Å². The minimum atomic E-state index is -0.311. The van der Waals surface area contributed by atoms with Crippen molar-refractivity contribution in [3.8, 4) is 11.3 Å². The second kappa shape index (κ2) is 9.41. The molecule has 0 aliphatic carbocycles. The van der Waals surface area contributed by atoms with Gasteiger partial charge in [0.25, 0.3) is 5.71 Å². The average molecular weight is 426 g/mol. The van der Waals surface area contributed by atoms with Crippen LogP contribution in [-0.2, 0) is 4.79 Å². The van der Waals surface area contributed by atoms with Gasteiger partial charge in [-0.1, -0.05) is 19.0 Å². The Morgan fingerprint density at radius 2 is 1.94 bits per heavy atom. The molecule has 1 aliphatic heterocycles. The molecule has 1 saturated heterocycles. The number of rotatable bonds is 7. The van der Waals surface area contributed by atoms with Gasteiger partial charge in [0.1, 0.15) is 29.0 Å². The second-order valence-corrected chi connectivity index (χ2v) is 8.03. The third-order valence-electron chi connectivity index (χ3n) is 5.74. The molecule has 4 rings (SSSR count). The van der Waals surface area contributed by atoms with Gasteiger partial charge in [0.2, 0.25) is 5.91 Å². The first-order valence-corrected chi connectivity index (χ1v) is 11.0. The highest BCUT2D eigenvalue weighted by Gasteiger charge is 2.31. The van der Waals surface area contributed by atoms with Crippen molar-refractivity contribution in [1.82, 2.24) is 20.0 Å². The summed E-state index contributed by atoms with van der Waals surface area (Å²) in [4.78, 5) is 26.1. The summed E-state index contributed by atoms with van der Waals surface area (Å²) in [5.41, 5.74) is 1.70. The maximum Gasteiger partial charge on any atom is 0.263 e. The van der Waals surface area contributed by atoms with E-state index in [0.29, 0.717) is 29.2 Å². The molecule has 0 saturated carbocycles. The van der Waals surface area contributed by atoms with Gasteiger partial charge in [-0.15, -0.1) is 0 Å². The van der Waals surface area contributed by atoms with E-state index in [1.54, 1.807) is 12.1 Å². The zero-order valence-electron chi connectivity index (χ0n) is 18.1. The number of piperidine rings is 1. The number of aromatic nitrogens is 3. The molecule has 1 atom stereocenters. The highest BCUT2D eigenvalue weighted by Crippen LogP contribution is 2.35. The molecule has 0 spiro atoms. The molecule has 2 aromatic heterocycles. The summed E-state index contributed by atoms with van der Waals surface area (Å²) in [6.07, 6.45) is 5.16. The van der Waals surface area contributed by atoms with Crippen LogP contribution in [-0.4, -0.2) is 52.1 Å². The van der Waals surface area contributed by atoms with Crippen molar-refractivity contribution in [3.05, 3.63) is 36.4 Å². The van der Waals surface area contributed by atoms with Crippen LogP contribution in [0.2, 0.25) is 0 Å². The van der Waals surface area contributed by atoms with Crippen molar-refractivity contribution in [1.29, 1.82) is 0 Å². The van der Waals surface area contributed by atoms with Crippen molar-refractivity contribution in [3.63, 3.8) is 0 Å². The molecular formula is C23H28FN5O2. The van der Waals surface area contributed by atoms with Gasteiger partial charge in [0.15, 0.2) is 0 Å². The fourth-order valence-corrected chi connectivity index (χ4v) is 4.32. The second-order valence-electron chi connectivity index (χ2n) is 8.03. The Morgan fingerprint density at radius 3 is 2.65 bits per heavy atom. The third-order valence-corrected chi connectivity index (χ3v) is 5.74. The smallest absolute Gasteiger partial charge is 0.263 e. The molecule has 0 bridgehead atoms. The third kappa shape index (κ3) is 4.38. The van der Waals surface area contributed by atoms with E-state index in [-0.39, 0.29) is 17.6 Å². The zero-order valence-corrected chi connectivity index (χ0v) is 18.1. The van der Waals surface area contributed by atoms with E-state index in [0.717, 1.165) is 50.9 Å². The van der Waals surface area contributed by atoms with Gasteiger partial charge in [-0.05, 0) is 49.9 Å². The summed E-state index contributed by atoms with van der Waals surface area (Å²) in [6.45, 7) is 7.18. The minimum absolute atomic E-state index is 0.0639. The lowest BCUT2D eigenvalue weighted by atomic mass is 9.96. The molecular weight excluding hydrogens is 397 g/mol. The van der Waals surface area contributed by atoms with Crippen LogP contribution >= 0.6 is 0 Å². The van der Waals surface area contributed by atoms with Gasteiger partial charge >= 0.3 is 0 Å². The normalized spacial score (nSPS) is 16.6. The van der Waals surface area contributed by atoms with Crippen LogP contribution in [0.3, 0.4) is 0 Å². The number of hydrogen-bond acceptors (Lipinski definition) is 6. The Bertz CT molecular complexity index is 1030. The summed E-state index contributed by atoms with van der Waals surface area (Å²) in [5.74, 6) is 0.559. The van der Waals surface area contributed by atoms with Crippen LogP contribution in [0, 0.1) is 11.7 Å². The van der Waals surface area contributed by atoms with E-state index in [4.69, 9.17) is 4.52 Å². The maximum atomic E-state index is 13.4. The van der Waals surface area contributed by atoms with Gasteiger partial charge in [0.05, 0.1) is 5.92 Å². The van der Waals surface area contributed by atoms with Crippen molar-refractivity contribution in [2.45, 2.75) is 39.5 Å². The Balaban J connectivity index is 1.64. The number of benzene rings is 1. The molecule has 0 unspecified atom stereocenters. The van der Waals surface area contributed by atoms with E-state index in [2.05, 4.69) is 33.9 Å². The van der Waals surface area contributed by atoms with E-state index in [1.165, 1.54) is 18.5 Å². The highest BCUT2D eigenvalue weighted by atomic mass is 19.1. The summed E-state index contributed by atoms with van der Waals surface area (Å²) in [5, 5.41) is 4.88. The highest BCUT2D eigenvalue weighted by molar-refractivity contribution is 5.98. The molecule has 7 nitrogen and oxygen atoms in total. The molecule has 0 N–H and O–H groups in total. The van der Waals surface area contributed by atoms with Crippen molar-refractivity contribution in [2.24, 2.45) is 5.92 Å². The Kier molecular flexibility index (Phi) is 6.44. The standard InChI is InChI=1S/C23H28FN5O2/c1-3-11-28(12-4-2)23(30)17-6-5-13-29(14-17)21-19-20(16-7-9-18(24)10-8-16)27-31-22(19)26-15-25-21/h7-10,15,17H,3-6,11-14H2,1-2H3/t17-/m1/s1. The Hall–Kier alpha value is -3.03. The van der Waals surface area contributed by atoms with Crippen LogP contribution in [0.15, 0.2) is 35.1 Å². The monoisotopic (exact) mass is 425 g/mol. The fraction of sp³-hybridized carbons (Fsp3) is 0.478. The molecule has 164 valence electrons. The van der Waals surface area contributed by atoms with Crippen molar-refractivity contribution < 1.29 is 13.7 Å². The van der Waals surface area contributed by atoms with E-state index >= 15 is 0 Å². The Labute approximate surface area is 181 Å². The number of hydrogen-bond donors (Lipinski definition) is 0. The molecule has 1 aromatic carbocycles. The molecule has 3 heterocycles. The van der Waals surface area contributed by atoms with Crippen molar-refractivity contribution >= 4 is 22.8 Å². The van der Waals surface area contributed by atoms with Crippen LogP contribution in [0.5, 0.6) is 0 Å². The van der Waals surface area contributed by atoms with Gasteiger partial charge < -0.3 is 14.3 Å². The number of anilines is 1. The number of nitrogens with zero attached hydrogens (tertiary/aromatic N) is 5. The van der Waals surface area contributed by atoms with E-state index in [1.807, 2.05) is 4.90 Å². The molecule has 31 heavy (non-hydrogen) atoms. The molecule has 3 aromatic rings. The van der Waals surface area contributed by atoms with E-state index < -0.39 is 0 Å². The summed E-state index contributed by atoms with van der Waals surface area (Å²) in [6, 6.07) is 6.12. The topological polar surface area (TPSA) is 75.4 Å². The first-order chi connectivity index (χ1) is 15.1. The number of fused-ring (bicyclic) bond motifs is 1. The first kappa shape index (κ1) is 21.2. The molecule has 1 amide bonds. The molecule has 0 radical (unpaired) electrons.